The Bertz CT molecular complexity index is 282. The van der Waals surface area contributed by atoms with Gasteiger partial charge in [-0.15, -0.1) is 0 Å². The van der Waals surface area contributed by atoms with Gasteiger partial charge in [0.1, 0.15) is 5.70 Å². The summed E-state index contributed by atoms with van der Waals surface area (Å²) < 4.78 is 0. The summed E-state index contributed by atoms with van der Waals surface area (Å²) in [5, 5.41) is 5.39. The molecule has 0 saturated heterocycles. The lowest BCUT2D eigenvalue weighted by atomic mass is 10.0. The van der Waals surface area contributed by atoms with E-state index in [1.807, 2.05) is 13.8 Å². The van der Waals surface area contributed by atoms with E-state index in [0.717, 1.165) is 0 Å². The fraction of sp³-hybridized carbons (Fsp3) is 0.600. The Hall–Kier alpha value is -1.32. The maximum Gasteiger partial charge on any atom is 0.269 e. The van der Waals surface area contributed by atoms with Gasteiger partial charge in [-0.25, -0.2) is 0 Å². The highest BCUT2D eigenvalue weighted by atomic mass is 16.2. The molecule has 78 valence electrons. The number of amides is 1. The Morgan fingerprint density at radius 1 is 1.50 bits per heavy atom. The van der Waals surface area contributed by atoms with Crippen LogP contribution < -0.4 is 10.6 Å². The number of nitrogens with one attached hydrogen (secondary N) is 2. The van der Waals surface area contributed by atoms with E-state index in [4.69, 9.17) is 0 Å². The molecule has 0 aromatic carbocycles. The molecular formula is C10H16N2O2. The van der Waals surface area contributed by atoms with Crippen LogP contribution in [-0.4, -0.2) is 17.7 Å². The molecule has 1 rings (SSSR count). The number of carbonyl (C=O) groups excluding carboxylic acids is 2. The number of hydrogen-bond acceptors (Lipinski definition) is 3. The number of Topliss-reactive ketones (excluding diaryl/α,β-unsaturated/α-hetero) is 1. The first-order valence-electron chi connectivity index (χ1n) is 4.78. The number of hydrogen-bond donors (Lipinski definition) is 2. The van der Waals surface area contributed by atoms with Crippen LogP contribution in [0.2, 0.25) is 0 Å². The van der Waals surface area contributed by atoms with Crippen molar-refractivity contribution in [1.82, 2.24) is 10.6 Å². The highest BCUT2D eigenvalue weighted by Gasteiger charge is 2.23. The molecule has 0 aromatic heterocycles. The van der Waals surface area contributed by atoms with Crippen molar-refractivity contribution < 1.29 is 9.59 Å². The zero-order valence-corrected chi connectivity index (χ0v) is 8.76. The van der Waals surface area contributed by atoms with Gasteiger partial charge in [0, 0.05) is 6.20 Å². The van der Waals surface area contributed by atoms with Crippen molar-refractivity contribution in [2.75, 3.05) is 0 Å². The second-order valence-electron chi connectivity index (χ2n) is 3.97. The number of carbonyl (C=O) groups is 2. The molecule has 0 radical (unpaired) electrons. The second kappa shape index (κ2) is 4.26. The summed E-state index contributed by atoms with van der Waals surface area (Å²) in [5.41, 5.74) is 0.556. The van der Waals surface area contributed by atoms with Gasteiger partial charge in [0.05, 0.1) is 6.04 Å². The summed E-state index contributed by atoms with van der Waals surface area (Å²) in [6.07, 6.45) is 2.30. The van der Waals surface area contributed by atoms with Gasteiger partial charge in [-0.2, -0.15) is 0 Å². The van der Waals surface area contributed by atoms with E-state index in [1.165, 1.54) is 6.92 Å². The zero-order chi connectivity index (χ0) is 10.7. The average Bonchev–Trinajstić information content (AvgIpc) is 2.83. The third-order valence-corrected chi connectivity index (χ3v) is 2.04. The molecule has 0 saturated carbocycles. The van der Waals surface area contributed by atoms with Crippen molar-refractivity contribution in [2.45, 2.75) is 33.2 Å². The molecule has 1 aliphatic heterocycles. The van der Waals surface area contributed by atoms with Gasteiger partial charge in [-0.3, -0.25) is 9.59 Å². The van der Waals surface area contributed by atoms with Crippen LogP contribution in [-0.2, 0) is 9.59 Å². The Balaban J connectivity index is 2.45. The molecule has 1 heterocycles. The summed E-state index contributed by atoms with van der Waals surface area (Å²) >= 11 is 0. The lowest BCUT2D eigenvalue weighted by Gasteiger charge is -2.16. The van der Waals surface area contributed by atoms with Crippen LogP contribution in [0.1, 0.15) is 27.2 Å². The van der Waals surface area contributed by atoms with E-state index < -0.39 is 0 Å². The number of rotatable bonds is 5. The van der Waals surface area contributed by atoms with E-state index in [1.54, 1.807) is 6.20 Å². The Labute approximate surface area is 83.8 Å². The Kier molecular flexibility index (Phi) is 3.28. The van der Waals surface area contributed by atoms with Crippen LogP contribution in [0.25, 0.3) is 0 Å². The van der Waals surface area contributed by atoms with Gasteiger partial charge in [0.2, 0.25) is 0 Å². The lowest BCUT2D eigenvalue weighted by molar-refractivity contribution is -0.125. The molecule has 0 aliphatic carbocycles. The molecular weight excluding hydrogens is 180 g/mol. The Morgan fingerprint density at radius 3 is 2.43 bits per heavy atom. The van der Waals surface area contributed by atoms with Gasteiger partial charge in [-0.1, -0.05) is 13.8 Å². The third-order valence-electron chi connectivity index (χ3n) is 2.04. The molecule has 0 unspecified atom stereocenters. The second-order valence-corrected chi connectivity index (χ2v) is 3.97. The maximum absolute atomic E-state index is 11.3. The van der Waals surface area contributed by atoms with Crippen molar-refractivity contribution in [3.8, 4) is 0 Å². The van der Waals surface area contributed by atoms with Crippen molar-refractivity contribution >= 4 is 11.7 Å². The van der Waals surface area contributed by atoms with Crippen LogP contribution in [0.5, 0.6) is 0 Å². The van der Waals surface area contributed by atoms with Gasteiger partial charge in [0.15, 0.2) is 5.78 Å². The molecule has 2 N–H and O–H groups in total. The first kappa shape index (κ1) is 10.8. The number of ketones is 1. The maximum atomic E-state index is 11.3. The topological polar surface area (TPSA) is 68.1 Å². The van der Waals surface area contributed by atoms with Crippen LogP contribution in [0.15, 0.2) is 11.9 Å². The van der Waals surface area contributed by atoms with Gasteiger partial charge in [-0.05, 0) is 19.3 Å². The van der Waals surface area contributed by atoms with Gasteiger partial charge < -0.3 is 10.6 Å². The van der Waals surface area contributed by atoms with Crippen molar-refractivity contribution in [1.29, 1.82) is 0 Å². The minimum absolute atomic E-state index is 0.00769. The largest absolute Gasteiger partial charge is 0.354 e. The molecule has 4 heteroatoms. The summed E-state index contributed by atoms with van der Waals surface area (Å²) in [7, 11) is 0. The van der Waals surface area contributed by atoms with E-state index in [2.05, 4.69) is 10.6 Å². The fourth-order valence-corrected chi connectivity index (χ4v) is 1.20. The lowest BCUT2D eigenvalue weighted by Crippen LogP contribution is -2.40. The predicted molar refractivity (Wildman–Crippen MR) is 53.3 cm³/mol. The SMILES string of the molecule is CC(=O)[C@H](CC(C)C)NC(=O)C1=CN1. The van der Waals surface area contributed by atoms with E-state index in [9.17, 15) is 9.59 Å². The summed E-state index contributed by atoms with van der Waals surface area (Å²) in [4.78, 5) is 22.5. The molecule has 0 fully saturated rings. The highest BCUT2D eigenvalue weighted by molar-refractivity contribution is 5.99. The van der Waals surface area contributed by atoms with E-state index in [0.29, 0.717) is 18.0 Å². The quantitative estimate of drug-likeness (QED) is 0.674. The summed E-state index contributed by atoms with van der Waals surface area (Å²) in [6, 6.07) is -0.356. The van der Waals surface area contributed by atoms with Gasteiger partial charge >= 0.3 is 0 Å². The fourth-order valence-electron chi connectivity index (χ4n) is 1.20. The van der Waals surface area contributed by atoms with Crippen LogP contribution >= 0.6 is 0 Å². The normalized spacial score (nSPS) is 15.6. The van der Waals surface area contributed by atoms with E-state index in [-0.39, 0.29) is 17.7 Å². The molecule has 0 bridgehead atoms. The first-order valence-corrected chi connectivity index (χ1v) is 4.78. The smallest absolute Gasteiger partial charge is 0.269 e. The molecule has 0 aromatic rings. The Morgan fingerprint density at radius 2 is 2.07 bits per heavy atom. The minimum atomic E-state index is -0.356. The molecule has 4 nitrogen and oxygen atoms in total. The summed E-state index contributed by atoms with van der Waals surface area (Å²) in [5.74, 6) is 0.212. The zero-order valence-electron chi connectivity index (χ0n) is 8.76. The third kappa shape index (κ3) is 3.20. The van der Waals surface area contributed by atoms with Crippen LogP contribution in [0.3, 0.4) is 0 Å². The van der Waals surface area contributed by atoms with Gasteiger partial charge in [0.25, 0.3) is 5.91 Å². The molecule has 1 amide bonds. The summed E-state index contributed by atoms with van der Waals surface area (Å²) in [6.45, 7) is 5.55. The standard InChI is InChI=1S/C10H16N2O2/c1-6(2)4-8(7(3)13)12-10(14)9-5-11-9/h5-6,8,11H,4H2,1-3H3,(H,12,14)/t8-/m0/s1. The monoisotopic (exact) mass is 196 g/mol. The molecule has 0 spiro atoms. The molecule has 14 heavy (non-hydrogen) atoms. The van der Waals surface area contributed by atoms with Crippen molar-refractivity contribution in [3.63, 3.8) is 0 Å². The average molecular weight is 196 g/mol. The molecule has 1 atom stereocenters. The van der Waals surface area contributed by atoms with Crippen molar-refractivity contribution in [3.05, 3.63) is 11.9 Å². The van der Waals surface area contributed by atoms with Crippen LogP contribution in [0, 0.1) is 5.92 Å². The van der Waals surface area contributed by atoms with Crippen molar-refractivity contribution in [2.24, 2.45) is 5.92 Å². The first-order chi connectivity index (χ1) is 6.50. The molecule has 1 aliphatic rings. The van der Waals surface area contributed by atoms with E-state index >= 15 is 0 Å². The minimum Gasteiger partial charge on any atom is -0.354 e. The predicted octanol–water partition coefficient (Wildman–Crippen LogP) is 0.551. The highest BCUT2D eigenvalue weighted by Crippen LogP contribution is 2.08. The van der Waals surface area contributed by atoms with Crippen LogP contribution in [0.4, 0.5) is 0 Å².